The number of hydrogen-bond donors (Lipinski definition) is 0. The van der Waals surface area contributed by atoms with Gasteiger partial charge in [-0.15, -0.1) is 0 Å². The SMILES string of the molecule is CCN1C[C@H](C)CC(F)(F)C1. The maximum absolute atomic E-state index is 12.9. The Morgan fingerprint density at radius 3 is 2.64 bits per heavy atom. The molecule has 1 aliphatic heterocycles. The first kappa shape index (κ1) is 8.91. The molecule has 0 N–H and O–H groups in total. The predicted molar refractivity (Wildman–Crippen MR) is 40.8 cm³/mol. The largest absolute Gasteiger partial charge is 0.297 e. The maximum Gasteiger partial charge on any atom is 0.260 e. The minimum Gasteiger partial charge on any atom is -0.297 e. The molecule has 1 aliphatic rings. The van der Waals surface area contributed by atoms with Gasteiger partial charge in [0, 0.05) is 13.0 Å². The van der Waals surface area contributed by atoms with E-state index in [-0.39, 0.29) is 18.9 Å². The minimum atomic E-state index is -2.45. The second-order valence-electron chi connectivity index (χ2n) is 3.49. The third-order valence-electron chi connectivity index (χ3n) is 2.12. The Morgan fingerprint density at radius 1 is 1.55 bits per heavy atom. The molecule has 1 rings (SSSR count). The normalized spacial score (nSPS) is 32.2. The summed E-state index contributed by atoms with van der Waals surface area (Å²) in [6, 6.07) is 0. The van der Waals surface area contributed by atoms with Crippen molar-refractivity contribution in [1.82, 2.24) is 4.90 Å². The average Bonchev–Trinajstić information content (AvgIpc) is 1.83. The van der Waals surface area contributed by atoms with Gasteiger partial charge in [-0.05, 0) is 12.5 Å². The zero-order chi connectivity index (χ0) is 8.48. The molecule has 11 heavy (non-hydrogen) atoms. The smallest absolute Gasteiger partial charge is 0.260 e. The summed E-state index contributed by atoms with van der Waals surface area (Å²) >= 11 is 0. The first-order valence-corrected chi connectivity index (χ1v) is 4.13. The van der Waals surface area contributed by atoms with Gasteiger partial charge in [0.05, 0.1) is 6.54 Å². The molecule has 1 saturated heterocycles. The number of likely N-dealkylation sites (tertiary alicyclic amines) is 1. The van der Waals surface area contributed by atoms with Crippen LogP contribution < -0.4 is 0 Å². The van der Waals surface area contributed by atoms with Crippen LogP contribution in [0.25, 0.3) is 0 Å². The highest BCUT2D eigenvalue weighted by Gasteiger charge is 2.37. The van der Waals surface area contributed by atoms with Crippen LogP contribution in [0.5, 0.6) is 0 Å². The lowest BCUT2D eigenvalue weighted by Crippen LogP contribution is -2.45. The number of alkyl halides is 2. The first-order chi connectivity index (χ1) is 5.03. The minimum absolute atomic E-state index is 0.0478. The zero-order valence-corrected chi connectivity index (χ0v) is 7.11. The van der Waals surface area contributed by atoms with Gasteiger partial charge in [-0.25, -0.2) is 8.78 Å². The van der Waals surface area contributed by atoms with Crippen LogP contribution in [0.3, 0.4) is 0 Å². The highest BCUT2D eigenvalue weighted by atomic mass is 19.3. The van der Waals surface area contributed by atoms with Crippen LogP contribution in [0.1, 0.15) is 20.3 Å². The molecule has 0 radical (unpaired) electrons. The Bertz CT molecular complexity index is 136. The summed E-state index contributed by atoms with van der Waals surface area (Å²) in [5, 5.41) is 0. The van der Waals surface area contributed by atoms with E-state index in [0.29, 0.717) is 0 Å². The molecule has 0 saturated carbocycles. The van der Waals surface area contributed by atoms with E-state index >= 15 is 0 Å². The molecule has 0 unspecified atom stereocenters. The van der Waals surface area contributed by atoms with E-state index in [4.69, 9.17) is 0 Å². The molecular formula is C8H15F2N. The Balaban J connectivity index is 2.51. The molecule has 1 atom stereocenters. The van der Waals surface area contributed by atoms with Gasteiger partial charge in [0.1, 0.15) is 0 Å². The fourth-order valence-electron chi connectivity index (χ4n) is 1.71. The first-order valence-electron chi connectivity index (χ1n) is 4.13. The standard InChI is InChI=1S/C8H15F2N/c1-3-11-5-7(2)4-8(9,10)6-11/h7H,3-6H2,1-2H3/t7-/m1/s1. The fourth-order valence-corrected chi connectivity index (χ4v) is 1.71. The van der Waals surface area contributed by atoms with Gasteiger partial charge in [0.15, 0.2) is 0 Å². The molecule has 0 spiro atoms. The van der Waals surface area contributed by atoms with E-state index in [1.165, 1.54) is 0 Å². The summed E-state index contributed by atoms with van der Waals surface area (Å²) in [6.45, 7) is 5.32. The predicted octanol–water partition coefficient (Wildman–Crippen LogP) is 1.98. The molecule has 1 fully saturated rings. The highest BCUT2D eigenvalue weighted by Crippen LogP contribution is 2.29. The molecule has 0 aromatic carbocycles. The van der Waals surface area contributed by atoms with Crippen molar-refractivity contribution in [1.29, 1.82) is 0 Å². The molecule has 1 heterocycles. The van der Waals surface area contributed by atoms with Crippen molar-refractivity contribution in [2.75, 3.05) is 19.6 Å². The van der Waals surface area contributed by atoms with Crippen LogP contribution in [-0.2, 0) is 0 Å². The van der Waals surface area contributed by atoms with Crippen LogP contribution in [0.15, 0.2) is 0 Å². The fraction of sp³-hybridized carbons (Fsp3) is 1.00. The van der Waals surface area contributed by atoms with E-state index in [2.05, 4.69) is 0 Å². The molecular weight excluding hydrogens is 148 g/mol. The average molecular weight is 163 g/mol. The maximum atomic E-state index is 12.9. The van der Waals surface area contributed by atoms with Crippen molar-refractivity contribution in [2.45, 2.75) is 26.2 Å². The Labute approximate surface area is 66.4 Å². The van der Waals surface area contributed by atoms with Gasteiger partial charge in [-0.1, -0.05) is 13.8 Å². The second kappa shape index (κ2) is 3.05. The lowest BCUT2D eigenvalue weighted by molar-refractivity contribution is -0.0800. The summed E-state index contributed by atoms with van der Waals surface area (Å²) in [4.78, 5) is 1.81. The van der Waals surface area contributed by atoms with Crippen LogP contribution in [-0.4, -0.2) is 30.5 Å². The number of halogens is 2. The van der Waals surface area contributed by atoms with E-state index in [0.717, 1.165) is 13.1 Å². The van der Waals surface area contributed by atoms with Gasteiger partial charge in [0.2, 0.25) is 0 Å². The monoisotopic (exact) mass is 163 g/mol. The molecule has 1 nitrogen and oxygen atoms in total. The molecule has 0 aromatic heterocycles. The van der Waals surface area contributed by atoms with Gasteiger partial charge < -0.3 is 0 Å². The quantitative estimate of drug-likeness (QED) is 0.571. The van der Waals surface area contributed by atoms with Crippen molar-refractivity contribution in [2.24, 2.45) is 5.92 Å². The van der Waals surface area contributed by atoms with Crippen molar-refractivity contribution in [3.63, 3.8) is 0 Å². The van der Waals surface area contributed by atoms with Crippen LogP contribution in [0.2, 0.25) is 0 Å². The highest BCUT2D eigenvalue weighted by molar-refractivity contribution is 4.81. The third kappa shape index (κ3) is 2.40. The molecule has 0 bridgehead atoms. The van der Waals surface area contributed by atoms with Crippen molar-refractivity contribution in [3.8, 4) is 0 Å². The lowest BCUT2D eigenvalue weighted by Gasteiger charge is -2.35. The molecule has 66 valence electrons. The van der Waals surface area contributed by atoms with E-state index in [1.54, 1.807) is 0 Å². The van der Waals surface area contributed by atoms with Crippen LogP contribution >= 0.6 is 0 Å². The Hall–Kier alpha value is -0.180. The summed E-state index contributed by atoms with van der Waals surface area (Å²) in [6.07, 6.45) is 0.0590. The second-order valence-corrected chi connectivity index (χ2v) is 3.49. The van der Waals surface area contributed by atoms with Crippen molar-refractivity contribution < 1.29 is 8.78 Å². The zero-order valence-electron chi connectivity index (χ0n) is 7.11. The topological polar surface area (TPSA) is 3.24 Å². The van der Waals surface area contributed by atoms with Gasteiger partial charge >= 0.3 is 0 Å². The molecule has 0 aliphatic carbocycles. The van der Waals surface area contributed by atoms with E-state index in [9.17, 15) is 8.78 Å². The van der Waals surface area contributed by atoms with Crippen LogP contribution in [0.4, 0.5) is 8.78 Å². The summed E-state index contributed by atoms with van der Waals surface area (Å²) in [5.41, 5.74) is 0. The number of piperidine rings is 1. The lowest BCUT2D eigenvalue weighted by atomic mass is 9.97. The Morgan fingerprint density at radius 2 is 2.18 bits per heavy atom. The van der Waals surface area contributed by atoms with Gasteiger partial charge in [-0.2, -0.15) is 0 Å². The van der Waals surface area contributed by atoms with E-state index in [1.807, 2.05) is 18.7 Å². The van der Waals surface area contributed by atoms with Gasteiger partial charge in [-0.3, -0.25) is 4.90 Å². The summed E-state index contributed by atoms with van der Waals surface area (Å²) in [7, 11) is 0. The van der Waals surface area contributed by atoms with Crippen molar-refractivity contribution in [3.05, 3.63) is 0 Å². The van der Waals surface area contributed by atoms with Crippen molar-refractivity contribution >= 4 is 0 Å². The van der Waals surface area contributed by atoms with Crippen LogP contribution in [0, 0.1) is 5.92 Å². The third-order valence-corrected chi connectivity index (χ3v) is 2.12. The number of hydrogen-bond acceptors (Lipinski definition) is 1. The summed E-state index contributed by atoms with van der Waals surface area (Å²) < 4.78 is 25.7. The van der Waals surface area contributed by atoms with Gasteiger partial charge in [0.25, 0.3) is 5.92 Å². The Kier molecular flexibility index (Phi) is 2.47. The molecule has 0 amide bonds. The van der Waals surface area contributed by atoms with E-state index < -0.39 is 5.92 Å². The number of rotatable bonds is 1. The number of nitrogens with zero attached hydrogens (tertiary/aromatic N) is 1. The molecule has 3 heteroatoms. The summed E-state index contributed by atoms with van der Waals surface area (Å²) in [5.74, 6) is -2.31. The molecule has 0 aromatic rings.